The van der Waals surface area contributed by atoms with Crippen molar-refractivity contribution < 1.29 is 0 Å². The number of fused-ring (bicyclic) bond motifs is 2. The van der Waals surface area contributed by atoms with Gasteiger partial charge in [0.25, 0.3) is 0 Å². The molecule has 0 aliphatic carbocycles. The lowest BCUT2D eigenvalue weighted by Gasteiger charge is -2.21. The van der Waals surface area contributed by atoms with E-state index in [2.05, 4.69) is 88.7 Å². The molecule has 0 nitrogen and oxygen atoms in total. The van der Waals surface area contributed by atoms with Crippen LogP contribution in [-0.4, -0.2) is 0 Å². The first-order chi connectivity index (χ1) is 14.5. The molecule has 0 saturated heterocycles. The molecule has 0 aromatic heterocycles. The zero-order valence-electron chi connectivity index (χ0n) is 17.8. The Hall–Kier alpha value is -3.64. The first-order valence-corrected chi connectivity index (χ1v) is 10.2. The molecule has 0 saturated carbocycles. The van der Waals surface area contributed by atoms with Crippen LogP contribution in [0.4, 0.5) is 0 Å². The monoisotopic (exact) mass is 386 g/mol. The zero-order chi connectivity index (χ0) is 21.4. The highest BCUT2D eigenvalue weighted by atomic mass is 14.2. The Morgan fingerprint density at radius 3 is 1.27 bits per heavy atom. The number of hydrogen-bond acceptors (Lipinski definition) is 0. The van der Waals surface area contributed by atoms with Gasteiger partial charge in [-0.2, -0.15) is 0 Å². The maximum Gasteiger partial charge on any atom is -0.00144 e. The summed E-state index contributed by atoms with van der Waals surface area (Å²) in [6.07, 6.45) is 7.74. The minimum Gasteiger partial charge on any atom is -0.0984 e. The van der Waals surface area contributed by atoms with E-state index in [0.717, 1.165) is 22.3 Å². The third-order valence-electron chi connectivity index (χ3n) is 6.05. The molecule has 0 bridgehead atoms. The SMILES string of the molecule is C=Cc1cc2c(C)cccc2c(-c2c(C=C)c(C=C)cc3c(C)cccc23)c1C=C. The summed E-state index contributed by atoms with van der Waals surface area (Å²) in [6.45, 7) is 20.8. The summed E-state index contributed by atoms with van der Waals surface area (Å²) in [6, 6.07) is 17.4. The fourth-order valence-corrected chi connectivity index (χ4v) is 4.54. The van der Waals surface area contributed by atoms with Crippen molar-refractivity contribution in [1.82, 2.24) is 0 Å². The van der Waals surface area contributed by atoms with E-state index in [0.29, 0.717) is 0 Å². The van der Waals surface area contributed by atoms with Gasteiger partial charge in [0, 0.05) is 0 Å². The van der Waals surface area contributed by atoms with Crippen molar-refractivity contribution in [3.63, 3.8) is 0 Å². The number of aryl methyl sites for hydroxylation is 2. The van der Waals surface area contributed by atoms with Crippen LogP contribution in [0, 0.1) is 13.8 Å². The Labute approximate surface area is 179 Å². The Bertz CT molecular complexity index is 1260. The van der Waals surface area contributed by atoms with Crippen LogP contribution >= 0.6 is 0 Å². The highest BCUT2D eigenvalue weighted by Gasteiger charge is 2.19. The lowest BCUT2D eigenvalue weighted by atomic mass is 9.82. The minimum atomic E-state index is 1.08. The molecule has 0 unspecified atom stereocenters. The van der Waals surface area contributed by atoms with Crippen molar-refractivity contribution in [2.45, 2.75) is 13.8 Å². The fourth-order valence-electron chi connectivity index (χ4n) is 4.54. The molecule has 0 heterocycles. The summed E-state index contributed by atoms with van der Waals surface area (Å²) in [5, 5.41) is 4.88. The molecule has 0 atom stereocenters. The Morgan fingerprint density at radius 2 is 0.933 bits per heavy atom. The molecule has 0 amide bonds. The van der Waals surface area contributed by atoms with Gasteiger partial charge in [0.1, 0.15) is 0 Å². The van der Waals surface area contributed by atoms with Gasteiger partial charge in [-0.25, -0.2) is 0 Å². The highest BCUT2D eigenvalue weighted by Crippen LogP contribution is 2.44. The van der Waals surface area contributed by atoms with E-state index in [4.69, 9.17) is 0 Å². The Balaban J connectivity index is 2.38. The van der Waals surface area contributed by atoms with E-state index in [9.17, 15) is 0 Å². The first kappa shape index (κ1) is 19.7. The van der Waals surface area contributed by atoms with E-state index in [1.165, 1.54) is 43.8 Å². The van der Waals surface area contributed by atoms with Crippen molar-refractivity contribution in [3.05, 3.63) is 108 Å². The van der Waals surface area contributed by atoms with Crippen molar-refractivity contribution in [2.24, 2.45) is 0 Å². The van der Waals surface area contributed by atoms with Crippen LogP contribution < -0.4 is 0 Å². The van der Waals surface area contributed by atoms with E-state index >= 15 is 0 Å². The van der Waals surface area contributed by atoms with Crippen molar-refractivity contribution >= 4 is 45.8 Å². The smallest absolute Gasteiger partial charge is 0.00144 e. The van der Waals surface area contributed by atoms with E-state index < -0.39 is 0 Å². The molecule has 0 spiro atoms. The largest absolute Gasteiger partial charge is 0.0984 e. The molecule has 0 N–H and O–H groups in total. The third-order valence-corrected chi connectivity index (χ3v) is 6.05. The molecule has 0 radical (unpaired) electrons. The lowest BCUT2D eigenvalue weighted by Crippen LogP contribution is -1.97. The predicted octanol–water partition coefficient (Wildman–Crippen LogP) is 8.85. The fraction of sp³-hybridized carbons (Fsp3) is 0.0667. The van der Waals surface area contributed by atoms with Crippen LogP contribution in [0.3, 0.4) is 0 Å². The number of benzene rings is 4. The average Bonchev–Trinajstić information content (AvgIpc) is 2.77. The summed E-state index contributed by atoms with van der Waals surface area (Å²) >= 11 is 0. The molecule has 0 aliphatic heterocycles. The van der Waals surface area contributed by atoms with Gasteiger partial charge in [-0.1, -0.05) is 87.0 Å². The molecule has 0 heteroatoms. The van der Waals surface area contributed by atoms with Gasteiger partial charge in [-0.05, 0) is 92.0 Å². The van der Waals surface area contributed by atoms with Crippen LogP contribution in [0.2, 0.25) is 0 Å². The van der Waals surface area contributed by atoms with Gasteiger partial charge in [-0.3, -0.25) is 0 Å². The summed E-state index contributed by atoms with van der Waals surface area (Å²) in [5.41, 5.74) is 9.19. The van der Waals surface area contributed by atoms with Gasteiger partial charge in [-0.15, -0.1) is 0 Å². The van der Waals surface area contributed by atoms with E-state index in [1.807, 2.05) is 24.3 Å². The van der Waals surface area contributed by atoms with E-state index in [1.54, 1.807) is 0 Å². The second-order valence-electron chi connectivity index (χ2n) is 7.67. The molecular formula is C30H26. The topological polar surface area (TPSA) is 0 Å². The van der Waals surface area contributed by atoms with Crippen LogP contribution in [0.5, 0.6) is 0 Å². The van der Waals surface area contributed by atoms with E-state index in [-0.39, 0.29) is 0 Å². The van der Waals surface area contributed by atoms with Crippen molar-refractivity contribution in [2.75, 3.05) is 0 Å². The standard InChI is InChI=1S/C30H26/c1-7-21-17-27-19(5)13-11-15-25(27)29(23(21)9-3)30-24(10-4)22(8-2)18-28-20(6)14-12-16-26(28)30/h7-18H,1-4H2,5-6H3. The molecule has 4 aromatic carbocycles. The normalized spacial score (nSPS) is 10.9. The Kier molecular flexibility index (Phi) is 5.01. The Morgan fingerprint density at radius 1 is 0.533 bits per heavy atom. The molecule has 146 valence electrons. The van der Waals surface area contributed by atoms with Gasteiger partial charge in [0.2, 0.25) is 0 Å². The number of rotatable bonds is 5. The number of hydrogen-bond donors (Lipinski definition) is 0. The second kappa shape index (κ2) is 7.65. The summed E-state index contributed by atoms with van der Waals surface area (Å²) in [4.78, 5) is 0. The summed E-state index contributed by atoms with van der Waals surface area (Å²) < 4.78 is 0. The maximum atomic E-state index is 4.16. The highest BCUT2D eigenvalue weighted by molar-refractivity contribution is 6.13. The van der Waals surface area contributed by atoms with Gasteiger partial charge >= 0.3 is 0 Å². The average molecular weight is 387 g/mol. The molecular weight excluding hydrogens is 360 g/mol. The van der Waals surface area contributed by atoms with Crippen molar-refractivity contribution in [1.29, 1.82) is 0 Å². The van der Waals surface area contributed by atoms with Crippen molar-refractivity contribution in [3.8, 4) is 11.1 Å². The molecule has 4 rings (SSSR count). The van der Waals surface area contributed by atoms with Crippen LogP contribution in [0.15, 0.2) is 74.8 Å². The van der Waals surface area contributed by atoms with Gasteiger partial charge in [0.05, 0.1) is 0 Å². The van der Waals surface area contributed by atoms with Crippen LogP contribution in [0.1, 0.15) is 33.4 Å². The van der Waals surface area contributed by atoms with Crippen LogP contribution in [-0.2, 0) is 0 Å². The lowest BCUT2D eigenvalue weighted by molar-refractivity contribution is 1.50. The zero-order valence-corrected chi connectivity index (χ0v) is 17.8. The summed E-state index contributed by atoms with van der Waals surface area (Å²) in [5.74, 6) is 0. The minimum absolute atomic E-state index is 1.08. The predicted molar refractivity (Wildman–Crippen MR) is 137 cm³/mol. The first-order valence-electron chi connectivity index (χ1n) is 10.2. The molecule has 0 fully saturated rings. The van der Waals surface area contributed by atoms with Gasteiger partial charge < -0.3 is 0 Å². The molecule has 30 heavy (non-hydrogen) atoms. The molecule has 4 aromatic rings. The summed E-state index contributed by atoms with van der Waals surface area (Å²) in [7, 11) is 0. The second-order valence-corrected chi connectivity index (χ2v) is 7.67. The molecule has 0 aliphatic rings. The third kappa shape index (κ3) is 2.84. The maximum absolute atomic E-state index is 4.16. The quantitative estimate of drug-likeness (QED) is 0.321. The van der Waals surface area contributed by atoms with Gasteiger partial charge in [0.15, 0.2) is 0 Å². The van der Waals surface area contributed by atoms with Crippen LogP contribution in [0.25, 0.3) is 57.0 Å².